The first-order valence-electron chi connectivity index (χ1n) is 7.07. The van der Waals surface area contributed by atoms with Crippen LogP contribution in [0.3, 0.4) is 0 Å². The van der Waals surface area contributed by atoms with Crippen molar-refractivity contribution < 1.29 is 9.53 Å². The minimum atomic E-state index is -0.215. The second-order valence-corrected chi connectivity index (χ2v) is 6.25. The molecule has 0 aliphatic carbocycles. The number of halogens is 1. The summed E-state index contributed by atoms with van der Waals surface area (Å²) in [5.41, 5.74) is 2.57. The summed E-state index contributed by atoms with van der Waals surface area (Å²) in [6.45, 7) is 4.85. The summed E-state index contributed by atoms with van der Waals surface area (Å²) in [5, 5.41) is 3.28. The SMILES string of the molecule is C[C@H]1OCCN[C@@H]1C(=O)N1CCc2cccc(Br)c2C1. The largest absolute Gasteiger partial charge is 0.375 e. The van der Waals surface area contributed by atoms with Gasteiger partial charge in [0, 0.05) is 24.1 Å². The predicted octanol–water partition coefficient (Wildman–Crippen LogP) is 1.71. The van der Waals surface area contributed by atoms with Gasteiger partial charge in [0.2, 0.25) is 5.91 Å². The number of carbonyl (C=O) groups excluding carboxylic acids is 1. The van der Waals surface area contributed by atoms with Gasteiger partial charge in [0.25, 0.3) is 0 Å². The molecule has 1 fully saturated rings. The molecule has 2 heterocycles. The average molecular weight is 339 g/mol. The van der Waals surface area contributed by atoms with Gasteiger partial charge in [-0.25, -0.2) is 0 Å². The standard InChI is InChI=1S/C15H19BrN2O2/c1-10-14(17-6-8-20-10)15(19)18-7-5-11-3-2-4-13(16)12(11)9-18/h2-4,10,14,17H,5-9H2,1H3/t10-,14+/m1/s1. The molecule has 4 nitrogen and oxygen atoms in total. The van der Waals surface area contributed by atoms with E-state index in [9.17, 15) is 4.79 Å². The normalized spacial score (nSPS) is 26.2. The molecule has 1 saturated heterocycles. The third kappa shape index (κ3) is 2.62. The number of nitrogens with one attached hydrogen (secondary N) is 1. The maximum atomic E-state index is 12.7. The topological polar surface area (TPSA) is 41.6 Å². The predicted molar refractivity (Wildman–Crippen MR) is 80.5 cm³/mol. The zero-order valence-corrected chi connectivity index (χ0v) is 13.1. The average Bonchev–Trinajstić information content (AvgIpc) is 2.47. The second kappa shape index (κ2) is 5.84. The Morgan fingerprint density at radius 3 is 3.15 bits per heavy atom. The van der Waals surface area contributed by atoms with E-state index in [0.717, 1.165) is 24.0 Å². The van der Waals surface area contributed by atoms with Crippen LogP contribution in [-0.2, 0) is 22.5 Å². The van der Waals surface area contributed by atoms with Gasteiger partial charge >= 0.3 is 0 Å². The number of hydrogen-bond acceptors (Lipinski definition) is 3. The van der Waals surface area contributed by atoms with Gasteiger partial charge in [-0.2, -0.15) is 0 Å². The molecule has 5 heteroatoms. The van der Waals surface area contributed by atoms with Crippen molar-refractivity contribution in [3.63, 3.8) is 0 Å². The fourth-order valence-electron chi connectivity index (χ4n) is 2.93. The van der Waals surface area contributed by atoms with E-state index in [2.05, 4.69) is 33.4 Å². The summed E-state index contributed by atoms with van der Waals surface area (Å²) in [6.07, 6.45) is 0.861. The van der Waals surface area contributed by atoms with Gasteiger partial charge in [-0.3, -0.25) is 4.79 Å². The number of fused-ring (bicyclic) bond motifs is 1. The maximum absolute atomic E-state index is 12.7. The van der Waals surface area contributed by atoms with E-state index < -0.39 is 0 Å². The molecule has 3 rings (SSSR count). The molecule has 2 aliphatic rings. The van der Waals surface area contributed by atoms with E-state index in [1.165, 1.54) is 11.1 Å². The molecule has 1 N–H and O–H groups in total. The van der Waals surface area contributed by atoms with Gasteiger partial charge in [0.05, 0.1) is 12.7 Å². The van der Waals surface area contributed by atoms with Gasteiger partial charge in [0.1, 0.15) is 6.04 Å². The molecule has 1 aromatic carbocycles. The van der Waals surface area contributed by atoms with Crippen LogP contribution in [0.5, 0.6) is 0 Å². The minimum Gasteiger partial charge on any atom is -0.375 e. The lowest BCUT2D eigenvalue weighted by molar-refractivity contribution is -0.140. The van der Waals surface area contributed by atoms with Crippen LogP contribution in [0, 0.1) is 0 Å². The highest BCUT2D eigenvalue weighted by Gasteiger charge is 2.33. The fourth-order valence-corrected chi connectivity index (χ4v) is 3.47. The molecule has 1 aromatic rings. The molecular weight excluding hydrogens is 320 g/mol. The van der Waals surface area contributed by atoms with Crippen LogP contribution >= 0.6 is 15.9 Å². The summed E-state index contributed by atoms with van der Waals surface area (Å²) in [5.74, 6) is 0.151. The van der Waals surface area contributed by atoms with Crippen molar-refractivity contribution in [2.45, 2.75) is 32.0 Å². The quantitative estimate of drug-likeness (QED) is 0.847. The van der Waals surface area contributed by atoms with Crippen molar-refractivity contribution >= 4 is 21.8 Å². The third-order valence-electron chi connectivity index (χ3n) is 4.11. The lowest BCUT2D eigenvalue weighted by Crippen LogP contribution is -2.57. The Kier molecular flexibility index (Phi) is 4.10. The summed E-state index contributed by atoms with van der Waals surface area (Å²) >= 11 is 3.59. The molecule has 2 atom stereocenters. The number of nitrogens with zero attached hydrogens (tertiary/aromatic N) is 1. The van der Waals surface area contributed by atoms with Crippen LogP contribution in [-0.4, -0.2) is 42.6 Å². The zero-order chi connectivity index (χ0) is 14.1. The van der Waals surface area contributed by atoms with Crippen molar-refractivity contribution in [1.29, 1.82) is 0 Å². The number of hydrogen-bond donors (Lipinski definition) is 1. The molecule has 20 heavy (non-hydrogen) atoms. The monoisotopic (exact) mass is 338 g/mol. The summed E-state index contributed by atoms with van der Waals surface area (Å²) in [4.78, 5) is 14.6. The Bertz CT molecular complexity index is 521. The first kappa shape index (κ1) is 14.0. The first-order chi connectivity index (χ1) is 9.66. The van der Waals surface area contributed by atoms with Crippen LogP contribution in [0.1, 0.15) is 18.1 Å². The molecule has 0 bridgehead atoms. The zero-order valence-electron chi connectivity index (χ0n) is 11.6. The molecule has 2 aliphatic heterocycles. The molecule has 1 amide bonds. The van der Waals surface area contributed by atoms with Gasteiger partial charge in [0.15, 0.2) is 0 Å². The summed E-state index contributed by atoms with van der Waals surface area (Å²) in [6, 6.07) is 6.02. The van der Waals surface area contributed by atoms with E-state index in [1.54, 1.807) is 0 Å². The Labute approximate surface area is 127 Å². The molecular formula is C15H19BrN2O2. The van der Waals surface area contributed by atoms with Crippen LogP contribution in [0.4, 0.5) is 0 Å². The highest BCUT2D eigenvalue weighted by atomic mass is 79.9. The maximum Gasteiger partial charge on any atom is 0.242 e. The lowest BCUT2D eigenvalue weighted by Gasteiger charge is -2.36. The minimum absolute atomic E-state index is 0.0585. The van der Waals surface area contributed by atoms with Gasteiger partial charge < -0.3 is 15.0 Å². The van der Waals surface area contributed by atoms with E-state index >= 15 is 0 Å². The first-order valence-corrected chi connectivity index (χ1v) is 7.86. The van der Waals surface area contributed by atoms with Crippen molar-refractivity contribution in [3.05, 3.63) is 33.8 Å². The summed E-state index contributed by atoms with van der Waals surface area (Å²) in [7, 11) is 0. The Balaban J connectivity index is 1.76. The van der Waals surface area contributed by atoms with Gasteiger partial charge in [-0.15, -0.1) is 0 Å². The fraction of sp³-hybridized carbons (Fsp3) is 0.533. The van der Waals surface area contributed by atoms with Crippen molar-refractivity contribution in [2.24, 2.45) is 0 Å². The Hall–Kier alpha value is -0.910. The van der Waals surface area contributed by atoms with E-state index in [4.69, 9.17) is 4.74 Å². The van der Waals surface area contributed by atoms with Crippen LogP contribution < -0.4 is 5.32 Å². The van der Waals surface area contributed by atoms with E-state index in [1.807, 2.05) is 17.9 Å². The molecule has 0 radical (unpaired) electrons. The molecule has 108 valence electrons. The van der Waals surface area contributed by atoms with Crippen LogP contribution in [0.15, 0.2) is 22.7 Å². The third-order valence-corrected chi connectivity index (χ3v) is 4.85. The second-order valence-electron chi connectivity index (χ2n) is 5.40. The molecule has 0 aromatic heterocycles. The Morgan fingerprint density at radius 1 is 1.50 bits per heavy atom. The Morgan fingerprint density at radius 2 is 2.35 bits per heavy atom. The smallest absolute Gasteiger partial charge is 0.242 e. The van der Waals surface area contributed by atoms with Crippen LogP contribution in [0.2, 0.25) is 0 Å². The van der Waals surface area contributed by atoms with Crippen molar-refractivity contribution in [1.82, 2.24) is 10.2 Å². The molecule has 0 spiro atoms. The number of rotatable bonds is 1. The van der Waals surface area contributed by atoms with Crippen molar-refractivity contribution in [2.75, 3.05) is 19.7 Å². The lowest BCUT2D eigenvalue weighted by atomic mass is 9.98. The number of ether oxygens (including phenoxy) is 1. The van der Waals surface area contributed by atoms with E-state index in [-0.39, 0.29) is 18.1 Å². The number of carbonyl (C=O) groups is 1. The number of amides is 1. The van der Waals surface area contributed by atoms with E-state index in [0.29, 0.717) is 13.2 Å². The molecule has 0 saturated carbocycles. The van der Waals surface area contributed by atoms with Crippen molar-refractivity contribution in [3.8, 4) is 0 Å². The van der Waals surface area contributed by atoms with Gasteiger partial charge in [-0.1, -0.05) is 28.1 Å². The molecule has 0 unspecified atom stereocenters. The number of benzene rings is 1. The highest BCUT2D eigenvalue weighted by Crippen LogP contribution is 2.27. The highest BCUT2D eigenvalue weighted by molar-refractivity contribution is 9.10. The van der Waals surface area contributed by atoms with Crippen LogP contribution in [0.25, 0.3) is 0 Å². The number of morpholine rings is 1. The van der Waals surface area contributed by atoms with Gasteiger partial charge in [-0.05, 0) is 30.5 Å². The summed E-state index contributed by atoms with van der Waals surface area (Å²) < 4.78 is 6.67.